The number of pyridine rings is 1. The number of benzene rings is 1. The highest BCUT2D eigenvalue weighted by Gasteiger charge is 2.27. The van der Waals surface area contributed by atoms with E-state index in [9.17, 15) is 9.59 Å². The highest BCUT2D eigenvalue weighted by Crippen LogP contribution is 2.26. The Morgan fingerprint density at radius 3 is 2.56 bits per heavy atom. The standard InChI is InChI=1S/C19H18N6O2/c1-13-2-4-15(5-3-13)24-10-11-25-18(27)16(22-23-19(24)25)17(26)21-12-14-6-8-20-9-7-14/h2-9H,10-12H2,1H3,(H,21,26). The number of nitrogens with zero attached hydrogens (tertiary/aromatic N) is 5. The Morgan fingerprint density at radius 1 is 1.07 bits per heavy atom. The van der Waals surface area contributed by atoms with Crippen LogP contribution in [-0.4, -0.2) is 32.2 Å². The van der Waals surface area contributed by atoms with Gasteiger partial charge in [-0.2, -0.15) is 0 Å². The summed E-state index contributed by atoms with van der Waals surface area (Å²) in [6.07, 6.45) is 3.29. The maximum atomic E-state index is 12.7. The molecule has 27 heavy (non-hydrogen) atoms. The van der Waals surface area contributed by atoms with Crippen LogP contribution < -0.4 is 15.8 Å². The van der Waals surface area contributed by atoms with Gasteiger partial charge < -0.3 is 10.2 Å². The van der Waals surface area contributed by atoms with Crippen LogP contribution >= 0.6 is 0 Å². The summed E-state index contributed by atoms with van der Waals surface area (Å²) in [5.74, 6) is -0.0806. The lowest BCUT2D eigenvalue weighted by Gasteiger charge is -2.16. The number of anilines is 2. The van der Waals surface area contributed by atoms with Gasteiger partial charge in [0.2, 0.25) is 11.6 Å². The molecule has 8 nitrogen and oxygen atoms in total. The largest absolute Gasteiger partial charge is 0.346 e. The molecule has 1 aliphatic heterocycles. The number of fused-ring (bicyclic) bond motifs is 1. The van der Waals surface area contributed by atoms with Crippen LogP contribution in [-0.2, 0) is 13.1 Å². The summed E-state index contributed by atoms with van der Waals surface area (Å²) in [6.45, 7) is 3.37. The first kappa shape index (κ1) is 16.9. The summed E-state index contributed by atoms with van der Waals surface area (Å²) in [7, 11) is 0. The molecule has 0 saturated carbocycles. The van der Waals surface area contributed by atoms with Gasteiger partial charge in [0.1, 0.15) is 0 Å². The molecule has 136 valence electrons. The number of nitrogens with one attached hydrogen (secondary N) is 1. The van der Waals surface area contributed by atoms with Crippen molar-refractivity contribution >= 4 is 17.5 Å². The lowest BCUT2D eigenvalue weighted by atomic mass is 10.2. The number of aryl methyl sites for hydroxylation is 1. The maximum absolute atomic E-state index is 12.7. The normalized spacial score (nSPS) is 12.7. The Bertz CT molecular complexity index is 1030. The zero-order valence-electron chi connectivity index (χ0n) is 14.8. The fourth-order valence-corrected chi connectivity index (χ4v) is 2.99. The van der Waals surface area contributed by atoms with Crippen molar-refractivity contribution in [3.8, 4) is 0 Å². The third-order valence-corrected chi connectivity index (χ3v) is 4.48. The van der Waals surface area contributed by atoms with Crippen LogP contribution in [0, 0.1) is 6.92 Å². The summed E-state index contributed by atoms with van der Waals surface area (Å²) < 4.78 is 1.49. The molecule has 3 aromatic rings. The van der Waals surface area contributed by atoms with E-state index in [2.05, 4.69) is 20.5 Å². The van der Waals surface area contributed by atoms with Crippen LogP contribution in [0.4, 0.5) is 11.6 Å². The Morgan fingerprint density at radius 2 is 1.81 bits per heavy atom. The van der Waals surface area contributed by atoms with Crippen LogP contribution in [0.5, 0.6) is 0 Å². The van der Waals surface area contributed by atoms with Crippen LogP contribution in [0.3, 0.4) is 0 Å². The summed E-state index contributed by atoms with van der Waals surface area (Å²) in [4.78, 5) is 30.9. The molecular formula is C19H18N6O2. The van der Waals surface area contributed by atoms with E-state index in [1.54, 1.807) is 24.5 Å². The quantitative estimate of drug-likeness (QED) is 0.755. The number of amides is 1. The highest BCUT2D eigenvalue weighted by molar-refractivity contribution is 5.91. The van der Waals surface area contributed by atoms with E-state index < -0.39 is 11.5 Å². The predicted molar refractivity (Wildman–Crippen MR) is 99.9 cm³/mol. The number of carbonyl (C=O) groups is 1. The Labute approximate surface area is 155 Å². The summed E-state index contributed by atoms with van der Waals surface area (Å²) >= 11 is 0. The van der Waals surface area contributed by atoms with Crippen LogP contribution in [0.25, 0.3) is 0 Å². The molecule has 1 amide bonds. The van der Waals surface area contributed by atoms with Gasteiger partial charge >= 0.3 is 0 Å². The van der Waals surface area contributed by atoms with E-state index in [-0.39, 0.29) is 5.69 Å². The Kier molecular flexibility index (Phi) is 4.37. The molecular weight excluding hydrogens is 344 g/mol. The molecule has 2 aromatic heterocycles. The molecule has 0 unspecified atom stereocenters. The van der Waals surface area contributed by atoms with Crippen molar-refractivity contribution in [3.63, 3.8) is 0 Å². The summed E-state index contributed by atoms with van der Waals surface area (Å²) in [5.41, 5.74) is 2.36. The average molecular weight is 362 g/mol. The number of aromatic nitrogens is 4. The summed E-state index contributed by atoms with van der Waals surface area (Å²) in [6, 6.07) is 11.6. The zero-order valence-corrected chi connectivity index (χ0v) is 14.8. The van der Waals surface area contributed by atoms with Gasteiger partial charge in [0.05, 0.1) is 0 Å². The monoisotopic (exact) mass is 362 g/mol. The molecule has 0 atom stereocenters. The Hall–Kier alpha value is -3.55. The SMILES string of the molecule is Cc1ccc(N2CCn3c2nnc(C(=O)NCc2ccncc2)c3=O)cc1. The fraction of sp³-hybridized carbons (Fsp3) is 0.211. The third-order valence-electron chi connectivity index (χ3n) is 4.48. The van der Waals surface area contributed by atoms with Crippen molar-refractivity contribution < 1.29 is 4.79 Å². The van der Waals surface area contributed by atoms with Gasteiger partial charge in [0, 0.05) is 37.7 Å². The molecule has 1 N–H and O–H groups in total. The molecule has 3 heterocycles. The predicted octanol–water partition coefficient (Wildman–Crippen LogP) is 1.42. The molecule has 0 bridgehead atoms. The molecule has 4 rings (SSSR count). The zero-order chi connectivity index (χ0) is 18.8. The van der Waals surface area contributed by atoms with Gasteiger partial charge in [-0.3, -0.25) is 19.1 Å². The van der Waals surface area contributed by atoms with Gasteiger partial charge in [-0.1, -0.05) is 17.7 Å². The lowest BCUT2D eigenvalue weighted by Crippen LogP contribution is -2.34. The van der Waals surface area contributed by atoms with E-state index in [0.717, 1.165) is 16.8 Å². The highest BCUT2D eigenvalue weighted by atomic mass is 16.2. The van der Waals surface area contributed by atoms with E-state index in [1.165, 1.54) is 4.57 Å². The minimum absolute atomic E-state index is 0.196. The molecule has 1 aliphatic rings. The minimum Gasteiger partial charge on any atom is -0.346 e. The second-order valence-corrected chi connectivity index (χ2v) is 6.33. The van der Waals surface area contributed by atoms with Crippen LogP contribution in [0.2, 0.25) is 0 Å². The number of hydrogen-bond donors (Lipinski definition) is 1. The molecule has 8 heteroatoms. The van der Waals surface area contributed by atoms with Gasteiger partial charge in [0.15, 0.2) is 0 Å². The van der Waals surface area contributed by atoms with Gasteiger partial charge in [-0.15, -0.1) is 10.2 Å². The molecule has 0 fully saturated rings. The topological polar surface area (TPSA) is 93.0 Å². The molecule has 0 spiro atoms. The van der Waals surface area contributed by atoms with Crippen molar-refractivity contribution in [2.24, 2.45) is 0 Å². The second-order valence-electron chi connectivity index (χ2n) is 6.33. The molecule has 0 radical (unpaired) electrons. The molecule has 1 aromatic carbocycles. The first-order valence-corrected chi connectivity index (χ1v) is 8.62. The second kappa shape index (κ2) is 6.99. The third kappa shape index (κ3) is 3.29. The number of rotatable bonds is 4. The van der Waals surface area contributed by atoms with E-state index in [4.69, 9.17) is 0 Å². The molecule has 0 aliphatic carbocycles. The average Bonchev–Trinajstić information content (AvgIpc) is 3.13. The summed E-state index contributed by atoms with van der Waals surface area (Å²) in [5, 5.41) is 10.8. The first-order valence-electron chi connectivity index (χ1n) is 8.62. The maximum Gasteiger partial charge on any atom is 0.286 e. The van der Waals surface area contributed by atoms with Crippen LogP contribution in [0.1, 0.15) is 21.6 Å². The van der Waals surface area contributed by atoms with E-state index in [1.807, 2.05) is 36.1 Å². The molecule has 0 saturated heterocycles. The smallest absolute Gasteiger partial charge is 0.286 e. The first-order chi connectivity index (χ1) is 13.1. The van der Waals surface area contributed by atoms with Crippen molar-refractivity contribution in [3.05, 3.63) is 76.0 Å². The number of carbonyl (C=O) groups excluding carboxylic acids is 1. The van der Waals surface area contributed by atoms with Gasteiger partial charge in [-0.05, 0) is 36.8 Å². The van der Waals surface area contributed by atoms with Crippen molar-refractivity contribution in [2.45, 2.75) is 20.0 Å². The van der Waals surface area contributed by atoms with Gasteiger partial charge in [0.25, 0.3) is 11.5 Å². The minimum atomic E-state index is -0.534. The van der Waals surface area contributed by atoms with Crippen molar-refractivity contribution in [2.75, 3.05) is 11.4 Å². The van der Waals surface area contributed by atoms with Crippen LogP contribution in [0.15, 0.2) is 53.6 Å². The van der Waals surface area contributed by atoms with E-state index in [0.29, 0.717) is 25.6 Å². The number of hydrogen-bond acceptors (Lipinski definition) is 6. The fourth-order valence-electron chi connectivity index (χ4n) is 2.99. The van der Waals surface area contributed by atoms with E-state index >= 15 is 0 Å². The Balaban J connectivity index is 1.56. The van der Waals surface area contributed by atoms with Crippen molar-refractivity contribution in [1.82, 2.24) is 25.1 Å². The van der Waals surface area contributed by atoms with Crippen molar-refractivity contribution in [1.29, 1.82) is 0 Å². The van der Waals surface area contributed by atoms with Gasteiger partial charge in [-0.25, -0.2) is 0 Å². The lowest BCUT2D eigenvalue weighted by molar-refractivity contribution is 0.0942.